The molecule has 0 fully saturated rings. The molecule has 0 aromatic heterocycles. The van der Waals surface area contributed by atoms with Gasteiger partial charge in [-0.2, -0.15) is 5.10 Å². The minimum atomic E-state index is -0.848. The van der Waals surface area contributed by atoms with E-state index in [1.54, 1.807) is 36.4 Å². The van der Waals surface area contributed by atoms with Crippen molar-refractivity contribution in [3.8, 4) is 5.75 Å². The average Bonchev–Trinajstić information content (AvgIpc) is 2.79. The summed E-state index contributed by atoms with van der Waals surface area (Å²) in [6.45, 7) is 0.574. The molecule has 3 aromatic rings. The molecule has 0 atom stereocenters. The molecule has 6 nitrogen and oxygen atoms in total. The Morgan fingerprint density at radius 2 is 1.68 bits per heavy atom. The highest BCUT2D eigenvalue weighted by molar-refractivity contribution is 6.42. The minimum absolute atomic E-state index is 0.259. The van der Waals surface area contributed by atoms with E-state index in [0.717, 1.165) is 11.1 Å². The Balaban J connectivity index is 1.48. The van der Waals surface area contributed by atoms with Crippen LogP contribution in [0.2, 0.25) is 10.0 Å². The number of hydrazone groups is 1. The topological polar surface area (TPSA) is 79.8 Å². The molecular formula is C23H19Cl2N3O3. The van der Waals surface area contributed by atoms with E-state index in [1.807, 2.05) is 36.4 Å². The third-order valence-electron chi connectivity index (χ3n) is 4.13. The van der Waals surface area contributed by atoms with Crippen LogP contribution in [0.4, 0.5) is 0 Å². The van der Waals surface area contributed by atoms with Crippen molar-refractivity contribution in [2.75, 3.05) is 0 Å². The van der Waals surface area contributed by atoms with Crippen molar-refractivity contribution >= 4 is 41.2 Å². The third kappa shape index (κ3) is 7.13. The highest BCUT2D eigenvalue weighted by Crippen LogP contribution is 2.23. The van der Waals surface area contributed by atoms with Crippen LogP contribution in [0.1, 0.15) is 16.7 Å². The summed E-state index contributed by atoms with van der Waals surface area (Å²) in [6, 6.07) is 21.7. The summed E-state index contributed by atoms with van der Waals surface area (Å²) in [6.07, 6.45) is 1.42. The maximum absolute atomic E-state index is 11.9. The smallest absolute Gasteiger partial charge is 0.329 e. The van der Waals surface area contributed by atoms with E-state index in [2.05, 4.69) is 15.8 Å². The van der Waals surface area contributed by atoms with Gasteiger partial charge in [0.1, 0.15) is 12.4 Å². The number of hydrogen-bond donors (Lipinski definition) is 2. The van der Waals surface area contributed by atoms with Crippen LogP contribution in [-0.2, 0) is 22.7 Å². The lowest BCUT2D eigenvalue weighted by Crippen LogP contribution is -2.37. The van der Waals surface area contributed by atoms with Gasteiger partial charge in [-0.15, -0.1) is 0 Å². The molecule has 0 saturated heterocycles. The number of hydrogen-bond acceptors (Lipinski definition) is 4. The van der Waals surface area contributed by atoms with E-state index < -0.39 is 11.8 Å². The second-order valence-electron chi connectivity index (χ2n) is 6.48. The van der Waals surface area contributed by atoms with Crippen molar-refractivity contribution in [2.24, 2.45) is 5.10 Å². The largest absolute Gasteiger partial charge is 0.489 e. The summed E-state index contributed by atoms with van der Waals surface area (Å²) in [7, 11) is 0. The molecule has 0 aliphatic heterocycles. The number of amides is 2. The van der Waals surface area contributed by atoms with E-state index in [4.69, 9.17) is 27.9 Å². The van der Waals surface area contributed by atoms with E-state index in [-0.39, 0.29) is 6.54 Å². The van der Waals surface area contributed by atoms with Gasteiger partial charge in [-0.3, -0.25) is 9.59 Å². The van der Waals surface area contributed by atoms with E-state index in [1.165, 1.54) is 6.21 Å². The van der Waals surface area contributed by atoms with E-state index in [0.29, 0.717) is 28.0 Å². The van der Waals surface area contributed by atoms with Crippen molar-refractivity contribution in [1.82, 2.24) is 10.7 Å². The maximum Gasteiger partial charge on any atom is 0.329 e. The number of rotatable bonds is 7. The van der Waals surface area contributed by atoms with Crippen molar-refractivity contribution in [2.45, 2.75) is 13.2 Å². The molecule has 0 radical (unpaired) electrons. The summed E-state index contributed by atoms with van der Waals surface area (Å²) < 4.78 is 5.75. The number of carbonyl (C=O) groups excluding carboxylic acids is 2. The standard InChI is InChI=1S/C23H19Cl2N3O3/c24-20-10-9-18(12-21(20)25)15-31-19-8-4-7-17(11-19)14-27-28-23(30)22(29)26-13-16-5-2-1-3-6-16/h1-12,14H,13,15H2,(H,26,29)(H,28,30)/b27-14-. The van der Waals surface area contributed by atoms with Gasteiger partial charge >= 0.3 is 11.8 Å². The molecule has 31 heavy (non-hydrogen) atoms. The fraction of sp³-hybridized carbons (Fsp3) is 0.0870. The monoisotopic (exact) mass is 455 g/mol. The van der Waals surface area contributed by atoms with Crippen molar-refractivity contribution in [3.05, 3.63) is 99.5 Å². The lowest BCUT2D eigenvalue weighted by atomic mass is 10.2. The first-order chi connectivity index (χ1) is 15.0. The zero-order valence-electron chi connectivity index (χ0n) is 16.3. The Hall–Kier alpha value is -3.35. The third-order valence-corrected chi connectivity index (χ3v) is 4.87. The first-order valence-electron chi connectivity index (χ1n) is 9.33. The van der Waals surface area contributed by atoms with Crippen molar-refractivity contribution in [3.63, 3.8) is 0 Å². The molecule has 3 aromatic carbocycles. The van der Waals surface area contributed by atoms with Gasteiger partial charge in [0.2, 0.25) is 0 Å². The van der Waals surface area contributed by atoms with Crippen LogP contribution in [0.5, 0.6) is 5.75 Å². The molecule has 0 spiro atoms. The highest BCUT2D eigenvalue weighted by Gasteiger charge is 2.11. The van der Waals surface area contributed by atoms with Gasteiger partial charge < -0.3 is 10.1 Å². The van der Waals surface area contributed by atoms with Crippen LogP contribution < -0.4 is 15.5 Å². The number of halogens is 2. The van der Waals surface area contributed by atoms with Crippen LogP contribution in [0.3, 0.4) is 0 Å². The molecule has 158 valence electrons. The average molecular weight is 456 g/mol. The molecule has 2 N–H and O–H groups in total. The molecule has 3 rings (SSSR count). The number of nitrogens with zero attached hydrogens (tertiary/aromatic N) is 1. The van der Waals surface area contributed by atoms with Crippen LogP contribution in [0, 0.1) is 0 Å². The zero-order valence-corrected chi connectivity index (χ0v) is 17.9. The van der Waals surface area contributed by atoms with Crippen LogP contribution >= 0.6 is 23.2 Å². The fourth-order valence-corrected chi connectivity index (χ4v) is 2.88. The first kappa shape index (κ1) is 22.3. The van der Waals surface area contributed by atoms with Gasteiger partial charge in [0.05, 0.1) is 16.3 Å². The van der Waals surface area contributed by atoms with Crippen LogP contribution in [0.15, 0.2) is 77.9 Å². The molecule has 0 bridgehead atoms. The number of ether oxygens (including phenoxy) is 1. The number of benzene rings is 3. The summed E-state index contributed by atoms with van der Waals surface area (Å²) in [5, 5.41) is 7.31. The van der Waals surface area contributed by atoms with Gasteiger partial charge in [0.25, 0.3) is 0 Å². The summed E-state index contributed by atoms with van der Waals surface area (Å²) in [5.74, 6) is -0.999. The zero-order chi connectivity index (χ0) is 22.1. The van der Waals surface area contributed by atoms with Crippen molar-refractivity contribution in [1.29, 1.82) is 0 Å². The minimum Gasteiger partial charge on any atom is -0.489 e. The Kier molecular flexibility index (Phi) is 8.04. The molecule has 0 aliphatic carbocycles. The Morgan fingerprint density at radius 3 is 2.45 bits per heavy atom. The Morgan fingerprint density at radius 1 is 0.871 bits per heavy atom. The van der Waals surface area contributed by atoms with E-state index >= 15 is 0 Å². The highest BCUT2D eigenvalue weighted by atomic mass is 35.5. The predicted molar refractivity (Wildman–Crippen MR) is 121 cm³/mol. The van der Waals surface area contributed by atoms with E-state index in [9.17, 15) is 9.59 Å². The lowest BCUT2D eigenvalue weighted by Gasteiger charge is -2.08. The maximum atomic E-state index is 11.9. The number of carbonyl (C=O) groups is 2. The van der Waals surface area contributed by atoms with Crippen LogP contribution in [0.25, 0.3) is 0 Å². The van der Waals surface area contributed by atoms with Gasteiger partial charge in [-0.25, -0.2) is 5.43 Å². The Labute approximate surface area is 189 Å². The first-order valence-corrected chi connectivity index (χ1v) is 10.1. The van der Waals surface area contributed by atoms with Gasteiger partial charge in [0, 0.05) is 6.54 Å². The molecule has 2 amide bonds. The molecule has 0 aliphatic rings. The normalized spacial score (nSPS) is 10.6. The quantitative estimate of drug-likeness (QED) is 0.316. The summed E-state index contributed by atoms with van der Waals surface area (Å²) in [4.78, 5) is 23.7. The predicted octanol–water partition coefficient (Wildman–Crippen LogP) is 4.34. The SMILES string of the molecule is O=C(NCc1ccccc1)C(=O)N/N=C\c1cccc(OCc2ccc(Cl)c(Cl)c2)c1. The molecule has 0 heterocycles. The molecular weight excluding hydrogens is 437 g/mol. The second-order valence-corrected chi connectivity index (χ2v) is 7.29. The van der Waals surface area contributed by atoms with Crippen molar-refractivity contribution < 1.29 is 14.3 Å². The second kappa shape index (κ2) is 11.2. The Bertz CT molecular complexity index is 1090. The molecule has 0 saturated carbocycles. The molecule has 0 unspecified atom stereocenters. The van der Waals surface area contributed by atoms with Gasteiger partial charge in [0.15, 0.2) is 0 Å². The van der Waals surface area contributed by atoms with Gasteiger partial charge in [-0.1, -0.05) is 71.7 Å². The lowest BCUT2D eigenvalue weighted by molar-refractivity contribution is -0.139. The molecule has 8 heteroatoms. The van der Waals surface area contributed by atoms with Crippen LogP contribution in [-0.4, -0.2) is 18.0 Å². The van der Waals surface area contributed by atoms with Gasteiger partial charge in [-0.05, 0) is 41.0 Å². The summed E-state index contributed by atoms with van der Waals surface area (Å²) in [5.41, 5.74) is 4.67. The fourth-order valence-electron chi connectivity index (χ4n) is 2.56. The summed E-state index contributed by atoms with van der Waals surface area (Å²) >= 11 is 11.9. The number of nitrogens with one attached hydrogen (secondary N) is 2.